The minimum Gasteiger partial charge on any atom is -0.497 e. The molecule has 3 aromatic rings. The number of methoxy groups -OCH3 is 2. The van der Waals surface area contributed by atoms with Gasteiger partial charge in [-0.05, 0) is 48.9 Å². The van der Waals surface area contributed by atoms with Gasteiger partial charge in [0.1, 0.15) is 16.5 Å². The Morgan fingerprint density at radius 1 is 1.04 bits per heavy atom. The standard InChI is InChI=1S/C21H21N3O3S/c1-14-5-4-6-15(11-14)22-20(25)13-28-21-10-9-18(23-24-21)17-8-7-16(26-2)12-19(17)27-3/h4-12H,13H2,1-3H3,(H,22,25). The van der Waals surface area contributed by atoms with Gasteiger partial charge in [-0.3, -0.25) is 4.79 Å². The zero-order valence-electron chi connectivity index (χ0n) is 15.9. The highest BCUT2D eigenvalue weighted by molar-refractivity contribution is 7.99. The Balaban J connectivity index is 1.62. The SMILES string of the molecule is COc1ccc(-c2ccc(SCC(=O)Nc3cccc(C)c3)nn2)c(OC)c1. The maximum atomic E-state index is 12.1. The number of carbonyl (C=O) groups is 1. The predicted molar refractivity (Wildman–Crippen MR) is 111 cm³/mol. The molecule has 0 aliphatic rings. The number of amides is 1. The maximum absolute atomic E-state index is 12.1. The number of rotatable bonds is 7. The molecule has 7 heteroatoms. The zero-order chi connectivity index (χ0) is 19.9. The molecule has 0 aliphatic carbocycles. The lowest BCUT2D eigenvalue weighted by atomic mass is 10.1. The highest BCUT2D eigenvalue weighted by Gasteiger charge is 2.10. The van der Waals surface area contributed by atoms with E-state index in [0.717, 1.165) is 16.8 Å². The molecule has 0 bridgehead atoms. The van der Waals surface area contributed by atoms with E-state index in [1.807, 2.05) is 55.5 Å². The van der Waals surface area contributed by atoms with E-state index >= 15 is 0 Å². The molecule has 0 atom stereocenters. The molecule has 0 aliphatic heterocycles. The third kappa shape index (κ3) is 5.01. The number of nitrogens with one attached hydrogen (secondary N) is 1. The largest absolute Gasteiger partial charge is 0.497 e. The van der Waals surface area contributed by atoms with E-state index in [1.54, 1.807) is 20.3 Å². The van der Waals surface area contributed by atoms with Crippen LogP contribution in [-0.4, -0.2) is 36.1 Å². The Kier molecular flexibility index (Phi) is 6.49. The molecule has 3 rings (SSSR count). The van der Waals surface area contributed by atoms with Crippen molar-refractivity contribution >= 4 is 23.4 Å². The highest BCUT2D eigenvalue weighted by atomic mass is 32.2. The van der Waals surface area contributed by atoms with Crippen LogP contribution in [0.25, 0.3) is 11.3 Å². The number of hydrogen-bond acceptors (Lipinski definition) is 6. The van der Waals surface area contributed by atoms with Crippen LogP contribution in [0.3, 0.4) is 0 Å². The summed E-state index contributed by atoms with van der Waals surface area (Å²) in [5.41, 5.74) is 3.40. The van der Waals surface area contributed by atoms with Crippen LogP contribution in [0, 0.1) is 6.92 Å². The number of anilines is 1. The molecule has 0 spiro atoms. The minimum atomic E-state index is -0.0849. The Bertz CT molecular complexity index is 961. The number of ether oxygens (including phenoxy) is 2. The van der Waals surface area contributed by atoms with Crippen LogP contribution in [0.1, 0.15) is 5.56 Å². The fourth-order valence-corrected chi connectivity index (χ4v) is 3.22. The van der Waals surface area contributed by atoms with Crippen LogP contribution >= 0.6 is 11.8 Å². The first-order valence-corrected chi connectivity index (χ1v) is 9.63. The van der Waals surface area contributed by atoms with Crippen LogP contribution < -0.4 is 14.8 Å². The summed E-state index contributed by atoms with van der Waals surface area (Å²) >= 11 is 1.33. The second kappa shape index (κ2) is 9.23. The van der Waals surface area contributed by atoms with E-state index in [0.29, 0.717) is 22.2 Å². The van der Waals surface area contributed by atoms with Crippen molar-refractivity contribution in [3.05, 3.63) is 60.2 Å². The second-order valence-corrected chi connectivity index (χ2v) is 7.02. The summed E-state index contributed by atoms with van der Waals surface area (Å²) < 4.78 is 10.6. The van der Waals surface area contributed by atoms with Gasteiger partial charge >= 0.3 is 0 Å². The minimum absolute atomic E-state index is 0.0849. The van der Waals surface area contributed by atoms with Crippen LogP contribution in [0.4, 0.5) is 5.69 Å². The summed E-state index contributed by atoms with van der Waals surface area (Å²) in [6, 6.07) is 16.9. The first-order valence-electron chi connectivity index (χ1n) is 8.64. The van der Waals surface area contributed by atoms with E-state index in [-0.39, 0.29) is 11.7 Å². The van der Waals surface area contributed by atoms with Crippen LogP contribution in [0.15, 0.2) is 59.6 Å². The highest BCUT2D eigenvalue weighted by Crippen LogP contribution is 2.32. The molecule has 0 unspecified atom stereocenters. The summed E-state index contributed by atoms with van der Waals surface area (Å²) in [4.78, 5) is 12.1. The lowest BCUT2D eigenvalue weighted by Crippen LogP contribution is -2.14. The Hall–Kier alpha value is -3.06. The van der Waals surface area contributed by atoms with Gasteiger partial charge in [-0.15, -0.1) is 10.2 Å². The summed E-state index contributed by atoms with van der Waals surface area (Å²) in [7, 11) is 3.21. The molecule has 1 N–H and O–H groups in total. The molecule has 0 radical (unpaired) electrons. The lowest BCUT2D eigenvalue weighted by molar-refractivity contribution is -0.113. The molecular weight excluding hydrogens is 374 g/mol. The van der Waals surface area contributed by atoms with Gasteiger partial charge in [-0.2, -0.15) is 0 Å². The average molecular weight is 395 g/mol. The first kappa shape index (κ1) is 19.7. The molecule has 0 saturated heterocycles. The molecular formula is C21H21N3O3S. The molecule has 1 amide bonds. The number of hydrogen-bond donors (Lipinski definition) is 1. The number of thioether (sulfide) groups is 1. The summed E-state index contributed by atoms with van der Waals surface area (Å²) in [5.74, 6) is 1.54. The third-order valence-corrected chi connectivity index (χ3v) is 4.90. The quantitative estimate of drug-likeness (QED) is 0.605. The van der Waals surface area contributed by atoms with E-state index in [4.69, 9.17) is 9.47 Å². The van der Waals surface area contributed by atoms with E-state index in [2.05, 4.69) is 15.5 Å². The van der Waals surface area contributed by atoms with Gasteiger partial charge in [0.15, 0.2) is 0 Å². The van der Waals surface area contributed by atoms with Crippen LogP contribution in [0.2, 0.25) is 0 Å². The maximum Gasteiger partial charge on any atom is 0.234 e. The van der Waals surface area contributed by atoms with Gasteiger partial charge in [-0.1, -0.05) is 23.9 Å². The normalized spacial score (nSPS) is 10.4. The lowest BCUT2D eigenvalue weighted by Gasteiger charge is -2.10. The van der Waals surface area contributed by atoms with E-state index in [1.165, 1.54) is 11.8 Å². The van der Waals surface area contributed by atoms with Gasteiger partial charge in [0.05, 0.1) is 25.7 Å². The molecule has 1 heterocycles. The summed E-state index contributed by atoms with van der Waals surface area (Å²) in [6.45, 7) is 1.99. The van der Waals surface area contributed by atoms with Crippen molar-refractivity contribution in [2.75, 3.05) is 25.3 Å². The fraction of sp³-hybridized carbons (Fsp3) is 0.190. The second-order valence-electron chi connectivity index (χ2n) is 6.03. The van der Waals surface area contributed by atoms with Crippen molar-refractivity contribution in [2.24, 2.45) is 0 Å². The monoisotopic (exact) mass is 395 g/mol. The van der Waals surface area contributed by atoms with E-state index < -0.39 is 0 Å². The van der Waals surface area contributed by atoms with Gasteiger partial charge in [0.25, 0.3) is 0 Å². The van der Waals surface area contributed by atoms with Crippen LogP contribution in [0.5, 0.6) is 11.5 Å². The number of aryl methyl sites for hydroxylation is 1. The summed E-state index contributed by atoms with van der Waals surface area (Å²) in [6.07, 6.45) is 0. The number of aromatic nitrogens is 2. The van der Waals surface area contributed by atoms with Crippen LogP contribution in [-0.2, 0) is 4.79 Å². The fourth-order valence-electron chi connectivity index (χ4n) is 2.61. The predicted octanol–water partition coefficient (Wildman–Crippen LogP) is 4.20. The smallest absolute Gasteiger partial charge is 0.234 e. The molecule has 28 heavy (non-hydrogen) atoms. The zero-order valence-corrected chi connectivity index (χ0v) is 16.7. The number of benzene rings is 2. The van der Waals surface area contributed by atoms with Crippen molar-refractivity contribution in [1.82, 2.24) is 10.2 Å². The Labute approximate surface area is 168 Å². The first-order chi connectivity index (χ1) is 13.6. The van der Waals surface area contributed by atoms with Crippen molar-refractivity contribution in [2.45, 2.75) is 11.9 Å². The van der Waals surface area contributed by atoms with E-state index in [9.17, 15) is 4.79 Å². The molecule has 0 saturated carbocycles. The molecule has 2 aromatic carbocycles. The Morgan fingerprint density at radius 2 is 1.89 bits per heavy atom. The van der Waals surface area contributed by atoms with Crippen molar-refractivity contribution in [3.8, 4) is 22.8 Å². The van der Waals surface area contributed by atoms with Gasteiger partial charge in [-0.25, -0.2) is 0 Å². The molecule has 1 aromatic heterocycles. The van der Waals surface area contributed by atoms with Gasteiger partial charge in [0, 0.05) is 17.3 Å². The van der Waals surface area contributed by atoms with Crippen molar-refractivity contribution in [3.63, 3.8) is 0 Å². The average Bonchev–Trinajstić information content (AvgIpc) is 2.72. The molecule has 0 fully saturated rings. The summed E-state index contributed by atoms with van der Waals surface area (Å²) in [5, 5.41) is 12.0. The number of carbonyl (C=O) groups excluding carboxylic acids is 1. The third-order valence-electron chi connectivity index (χ3n) is 3.98. The Morgan fingerprint density at radius 3 is 2.57 bits per heavy atom. The van der Waals surface area contributed by atoms with Gasteiger partial charge < -0.3 is 14.8 Å². The molecule has 6 nitrogen and oxygen atoms in total. The topological polar surface area (TPSA) is 73.3 Å². The van der Waals surface area contributed by atoms with Crippen molar-refractivity contribution in [1.29, 1.82) is 0 Å². The van der Waals surface area contributed by atoms with Gasteiger partial charge in [0.2, 0.25) is 5.91 Å². The molecule has 144 valence electrons. The number of nitrogens with zero attached hydrogens (tertiary/aromatic N) is 2. The van der Waals surface area contributed by atoms with Crippen molar-refractivity contribution < 1.29 is 14.3 Å².